The van der Waals surface area contributed by atoms with Gasteiger partial charge in [-0.3, -0.25) is 4.79 Å². The van der Waals surface area contributed by atoms with E-state index in [1.54, 1.807) is 0 Å². The highest BCUT2D eigenvalue weighted by atomic mass is 35.5. The van der Waals surface area contributed by atoms with Gasteiger partial charge in [0.05, 0.1) is 0 Å². The fourth-order valence-corrected chi connectivity index (χ4v) is 2.53. The molecule has 0 radical (unpaired) electrons. The molecule has 0 bridgehead atoms. The minimum atomic E-state index is -0.160. The highest BCUT2D eigenvalue weighted by Crippen LogP contribution is 2.19. The maximum Gasteiger partial charge on any atom is 0.224 e. The van der Waals surface area contributed by atoms with Crippen LogP contribution >= 0.6 is 24.0 Å². The first-order valence-electron chi connectivity index (χ1n) is 6.21. The second-order valence-electron chi connectivity index (χ2n) is 4.66. The Bertz CT molecular complexity index is 361. The molecule has 2 nitrogen and oxygen atoms in total. The first-order chi connectivity index (χ1) is 8.25. The molecule has 0 spiro atoms. The van der Waals surface area contributed by atoms with E-state index in [0.29, 0.717) is 0 Å². The number of carbonyl (C=O) groups excluding carboxylic acids is 1. The van der Waals surface area contributed by atoms with Crippen molar-refractivity contribution in [2.24, 2.45) is 5.92 Å². The smallest absolute Gasteiger partial charge is 0.224 e. The molecule has 0 saturated carbocycles. The van der Waals surface area contributed by atoms with Crippen LogP contribution in [0, 0.1) is 5.92 Å². The standard InChI is InChI=1S/C14H18ClNO.ClH/c15-14(17)13-7-10-16(11-8-13)9-6-12-4-2-1-3-5-12;/h1-5,13H,6-11H2;1H. The van der Waals surface area contributed by atoms with Gasteiger partial charge in [-0.2, -0.15) is 0 Å². The van der Waals surface area contributed by atoms with Crippen molar-refractivity contribution < 1.29 is 4.79 Å². The number of likely N-dealkylation sites (tertiary alicyclic amines) is 1. The number of nitrogens with zero attached hydrogens (tertiary/aromatic N) is 1. The summed E-state index contributed by atoms with van der Waals surface area (Å²) in [7, 11) is 0. The average Bonchev–Trinajstić information content (AvgIpc) is 2.38. The predicted molar refractivity (Wildman–Crippen MR) is 77.4 cm³/mol. The van der Waals surface area contributed by atoms with Crippen molar-refractivity contribution in [1.82, 2.24) is 4.90 Å². The van der Waals surface area contributed by atoms with Crippen molar-refractivity contribution in [1.29, 1.82) is 0 Å². The molecule has 0 aliphatic carbocycles. The van der Waals surface area contributed by atoms with Crippen LogP contribution in [0.2, 0.25) is 0 Å². The van der Waals surface area contributed by atoms with Crippen molar-refractivity contribution in [3.05, 3.63) is 35.9 Å². The van der Waals surface area contributed by atoms with Gasteiger partial charge in [-0.1, -0.05) is 30.3 Å². The molecule has 1 aliphatic rings. The fourth-order valence-electron chi connectivity index (χ4n) is 2.32. The Balaban J connectivity index is 0.00000162. The number of hydrogen-bond donors (Lipinski definition) is 0. The SMILES string of the molecule is Cl.O=C(Cl)C1CCN(CCc2ccccc2)CC1. The molecule has 0 atom stereocenters. The summed E-state index contributed by atoms with van der Waals surface area (Å²) in [5, 5.41) is -0.160. The Morgan fingerprint density at radius 2 is 1.83 bits per heavy atom. The fraction of sp³-hybridized carbons (Fsp3) is 0.500. The lowest BCUT2D eigenvalue weighted by atomic mass is 9.98. The third kappa shape index (κ3) is 4.60. The summed E-state index contributed by atoms with van der Waals surface area (Å²) in [5.41, 5.74) is 1.38. The van der Waals surface area contributed by atoms with Gasteiger partial charge >= 0.3 is 0 Å². The Labute approximate surface area is 120 Å². The van der Waals surface area contributed by atoms with Crippen LogP contribution in [0.25, 0.3) is 0 Å². The van der Waals surface area contributed by atoms with Crippen LogP contribution in [0.4, 0.5) is 0 Å². The van der Waals surface area contributed by atoms with Crippen LogP contribution in [-0.2, 0) is 11.2 Å². The summed E-state index contributed by atoms with van der Waals surface area (Å²) in [5.74, 6) is 0.0876. The molecule has 0 N–H and O–H groups in total. The number of rotatable bonds is 4. The van der Waals surface area contributed by atoms with Gasteiger partial charge in [0.1, 0.15) is 0 Å². The molecule has 1 aromatic carbocycles. The molecule has 1 aliphatic heterocycles. The lowest BCUT2D eigenvalue weighted by Gasteiger charge is -2.30. The van der Waals surface area contributed by atoms with Crippen LogP contribution in [0.1, 0.15) is 18.4 Å². The van der Waals surface area contributed by atoms with Crippen molar-refractivity contribution in [3.8, 4) is 0 Å². The largest absolute Gasteiger partial charge is 0.303 e. The van der Waals surface area contributed by atoms with Crippen LogP contribution in [-0.4, -0.2) is 29.8 Å². The van der Waals surface area contributed by atoms with Gasteiger partial charge in [-0.05, 0) is 49.5 Å². The van der Waals surface area contributed by atoms with E-state index in [0.717, 1.165) is 38.9 Å². The molecular weight excluding hydrogens is 269 g/mol. The van der Waals surface area contributed by atoms with Gasteiger partial charge in [-0.15, -0.1) is 12.4 Å². The van der Waals surface area contributed by atoms with E-state index in [1.165, 1.54) is 5.56 Å². The van der Waals surface area contributed by atoms with Gasteiger partial charge in [0.15, 0.2) is 0 Å². The first kappa shape index (κ1) is 15.5. The zero-order valence-electron chi connectivity index (χ0n) is 10.3. The lowest BCUT2D eigenvalue weighted by Crippen LogP contribution is -2.36. The van der Waals surface area contributed by atoms with E-state index in [1.807, 2.05) is 6.07 Å². The highest BCUT2D eigenvalue weighted by Gasteiger charge is 2.23. The van der Waals surface area contributed by atoms with E-state index >= 15 is 0 Å². The molecule has 2 rings (SSSR count). The monoisotopic (exact) mass is 287 g/mol. The summed E-state index contributed by atoms with van der Waals surface area (Å²) in [6, 6.07) is 10.5. The van der Waals surface area contributed by atoms with E-state index in [4.69, 9.17) is 11.6 Å². The van der Waals surface area contributed by atoms with Crippen LogP contribution in [0.5, 0.6) is 0 Å². The van der Waals surface area contributed by atoms with E-state index in [-0.39, 0.29) is 23.6 Å². The van der Waals surface area contributed by atoms with Crippen molar-refractivity contribution >= 4 is 29.3 Å². The molecule has 100 valence electrons. The number of halogens is 2. The summed E-state index contributed by atoms with van der Waals surface area (Å²) in [6.45, 7) is 3.07. The highest BCUT2D eigenvalue weighted by molar-refractivity contribution is 6.63. The molecule has 0 amide bonds. The summed E-state index contributed by atoms with van der Waals surface area (Å²) >= 11 is 5.52. The van der Waals surface area contributed by atoms with Crippen LogP contribution in [0.15, 0.2) is 30.3 Å². The minimum absolute atomic E-state index is 0. The number of piperidine rings is 1. The zero-order valence-corrected chi connectivity index (χ0v) is 11.9. The summed E-state index contributed by atoms with van der Waals surface area (Å²) < 4.78 is 0. The Morgan fingerprint density at radius 3 is 2.39 bits per heavy atom. The first-order valence-corrected chi connectivity index (χ1v) is 6.59. The van der Waals surface area contributed by atoms with Gasteiger partial charge in [0.2, 0.25) is 5.24 Å². The second kappa shape index (κ2) is 7.78. The zero-order chi connectivity index (χ0) is 12.1. The van der Waals surface area contributed by atoms with Crippen molar-refractivity contribution in [2.75, 3.05) is 19.6 Å². The maximum atomic E-state index is 11.0. The number of benzene rings is 1. The van der Waals surface area contributed by atoms with E-state index < -0.39 is 0 Å². The Morgan fingerprint density at radius 1 is 1.22 bits per heavy atom. The topological polar surface area (TPSA) is 20.3 Å². The molecule has 1 fully saturated rings. The summed E-state index contributed by atoms with van der Waals surface area (Å²) in [4.78, 5) is 13.5. The van der Waals surface area contributed by atoms with Gasteiger partial charge in [0.25, 0.3) is 0 Å². The second-order valence-corrected chi connectivity index (χ2v) is 5.03. The van der Waals surface area contributed by atoms with Crippen LogP contribution in [0.3, 0.4) is 0 Å². The molecule has 0 aromatic heterocycles. The van der Waals surface area contributed by atoms with Gasteiger partial charge in [0, 0.05) is 12.5 Å². The summed E-state index contributed by atoms with van der Waals surface area (Å²) in [6.07, 6.45) is 2.91. The average molecular weight is 288 g/mol. The third-order valence-electron chi connectivity index (χ3n) is 3.47. The molecule has 1 heterocycles. The van der Waals surface area contributed by atoms with Crippen LogP contribution < -0.4 is 0 Å². The molecular formula is C14H19Cl2NO. The Kier molecular flexibility index (Phi) is 6.69. The lowest BCUT2D eigenvalue weighted by molar-refractivity contribution is -0.116. The third-order valence-corrected chi connectivity index (χ3v) is 3.78. The normalized spacial score (nSPS) is 17.2. The van der Waals surface area contributed by atoms with Gasteiger partial charge < -0.3 is 4.90 Å². The van der Waals surface area contributed by atoms with E-state index in [2.05, 4.69) is 29.2 Å². The minimum Gasteiger partial charge on any atom is -0.303 e. The van der Waals surface area contributed by atoms with Gasteiger partial charge in [-0.25, -0.2) is 0 Å². The van der Waals surface area contributed by atoms with Crippen molar-refractivity contribution in [2.45, 2.75) is 19.3 Å². The number of hydrogen-bond acceptors (Lipinski definition) is 2. The molecule has 1 aromatic rings. The molecule has 18 heavy (non-hydrogen) atoms. The quantitative estimate of drug-likeness (QED) is 0.793. The molecule has 4 heteroatoms. The molecule has 0 unspecified atom stereocenters. The Hall–Kier alpha value is -0.570. The van der Waals surface area contributed by atoms with E-state index in [9.17, 15) is 4.79 Å². The van der Waals surface area contributed by atoms with Crippen molar-refractivity contribution in [3.63, 3.8) is 0 Å². The maximum absolute atomic E-state index is 11.0. The predicted octanol–water partition coefficient (Wildman–Crippen LogP) is 3.13. The molecule has 1 saturated heterocycles. The number of carbonyl (C=O) groups is 1.